The molecular weight excluding hydrogens is 240 g/mol. The molecule has 4 nitrogen and oxygen atoms in total. The van der Waals surface area contributed by atoms with Crippen molar-refractivity contribution in [3.8, 4) is 17.6 Å². The number of rotatable bonds is 4. The van der Waals surface area contributed by atoms with Gasteiger partial charge in [-0.2, -0.15) is 0 Å². The zero-order valence-electron chi connectivity index (χ0n) is 10.9. The number of carbonyl (C=O) groups excluding carboxylic acids is 1. The van der Waals surface area contributed by atoms with Gasteiger partial charge in [-0.3, -0.25) is 9.78 Å². The van der Waals surface area contributed by atoms with E-state index in [2.05, 4.69) is 22.1 Å². The van der Waals surface area contributed by atoms with Gasteiger partial charge < -0.3 is 10.1 Å². The lowest BCUT2D eigenvalue weighted by Gasteiger charge is -2.07. The Kier molecular flexibility index (Phi) is 5.24. The molecule has 0 radical (unpaired) electrons. The summed E-state index contributed by atoms with van der Waals surface area (Å²) in [5.74, 6) is 6.79. The Morgan fingerprint density at radius 1 is 1.42 bits per heavy atom. The van der Waals surface area contributed by atoms with Crippen molar-refractivity contribution in [2.24, 2.45) is 5.92 Å². The van der Waals surface area contributed by atoms with Gasteiger partial charge in [0.2, 0.25) is 5.91 Å². The monoisotopic (exact) mass is 258 g/mol. The summed E-state index contributed by atoms with van der Waals surface area (Å²) in [7, 11) is 0. The van der Waals surface area contributed by atoms with Crippen molar-refractivity contribution < 1.29 is 9.53 Å². The molecule has 0 unspecified atom stereocenters. The molecular formula is C15H18N2O2. The standard InChI is InChI=1S/C15H18N2O2/c18-15(13-6-1-2-7-13)17-10-3-4-11-19-14-8-5-9-16-12-14/h5,8-9,12-13H,1-2,6-7,10-11H2,(H,17,18). The lowest BCUT2D eigenvalue weighted by molar-refractivity contribution is -0.124. The first-order valence-corrected chi connectivity index (χ1v) is 6.62. The normalized spacial score (nSPS) is 14.5. The number of amides is 1. The van der Waals surface area contributed by atoms with Crippen LogP contribution in [0.4, 0.5) is 0 Å². The molecule has 1 saturated carbocycles. The van der Waals surface area contributed by atoms with E-state index in [0.717, 1.165) is 12.8 Å². The largest absolute Gasteiger partial charge is 0.479 e. The fourth-order valence-corrected chi connectivity index (χ4v) is 2.13. The number of nitrogens with one attached hydrogen (secondary N) is 1. The Morgan fingerprint density at radius 2 is 2.26 bits per heavy atom. The quantitative estimate of drug-likeness (QED) is 0.837. The lowest BCUT2D eigenvalue weighted by Crippen LogP contribution is -2.29. The van der Waals surface area contributed by atoms with Crippen LogP contribution in [-0.2, 0) is 4.79 Å². The van der Waals surface area contributed by atoms with Gasteiger partial charge in [0.1, 0.15) is 12.4 Å². The highest BCUT2D eigenvalue weighted by molar-refractivity contribution is 5.79. The molecule has 1 aromatic rings. The molecule has 0 saturated heterocycles. The predicted molar refractivity (Wildman–Crippen MR) is 72.5 cm³/mol. The number of hydrogen-bond donors (Lipinski definition) is 1. The maximum atomic E-state index is 11.7. The van der Waals surface area contributed by atoms with Crippen LogP contribution in [0.2, 0.25) is 0 Å². The van der Waals surface area contributed by atoms with Crippen LogP contribution in [0.5, 0.6) is 5.75 Å². The van der Waals surface area contributed by atoms with Crippen molar-refractivity contribution in [3.05, 3.63) is 24.5 Å². The van der Waals surface area contributed by atoms with Gasteiger partial charge in [-0.05, 0) is 25.0 Å². The second-order valence-corrected chi connectivity index (χ2v) is 4.53. The van der Waals surface area contributed by atoms with Gasteiger partial charge in [0.25, 0.3) is 0 Å². The third-order valence-corrected chi connectivity index (χ3v) is 3.15. The van der Waals surface area contributed by atoms with Crippen molar-refractivity contribution in [3.63, 3.8) is 0 Å². The zero-order chi connectivity index (χ0) is 13.3. The van der Waals surface area contributed by atoms with Crippen molar-refractivity contribution in [2.45, 2.75) is 25.7 Å². The Morgan fingerprint density at radius 3 is 3.00 bits per heavy atom. The van der Waals surface area contributed by atoms with Crippen molar-refractivity contribution in [2.75, 3.05) is 13.2 Å². The Labute approximate surface area is 113 Å². The molecule has 2 rings (SSSR count). The molecule has 0 spiro atoms. The van der Waals surface area contributed by atoms with Crippen LogP contribution in [-0.4, -0.2) is 24.0 Å². The summed E-state index contributed by atoms with van der Waals surface area (Å²) in [5.41, 5.74) is 0. The number of carbonyl (C=O) groups is 1. The summed E-state index contributed by atoms with van der Waals surface area (Å²) in [6.45, 7) is 0.705. The van der Waals surface area contributed by atoms with Gasteiger partial charge in [0.15, 0.2) is 0 Å². The fraction of sp³-hybridized carbons (Fsp3) is 0.467. The van der Waals surface area contributed by atoms with Gasteiger partial charge >= 0.3 is 0 Å². The highest BCUT2D eigenvalue weighted by Gasteiger charge is 2.21. The first-order valence-electron chi connectivity index (χ1n) is 6.62. The number of pyridine rings is 1. The molecule has 19 heavy (non-hydrogen) atoms. The highest BCUT2D eigenvalue weighted by Crippen LogP contribution is 2.24. The van der Waals surface area contributed by atoms with Gasteiger partial charge in [-0.15, -0.1) is 0 Å². The van der Waals surface area contributed by atoms with E-state index in [4.69, 9.17) is 4.74 Å². The molecule has 1 heterocycles. The van der Waals surface area contributed by atoms with Crippen LogP contribution in [0, 0.1) is 17.8 Å². The Balaban J connectivity index is 1.61. The molecule has 0 aliphatic heterocycles. The molecule has 0 atom stereocenters. The van der Waals surface area contributed by atoms with Crippen LogP contribution >= 0.6 is 0 Å². The zero-order valence-corrected chi connectivity index (χ0v) is 10.9. The molecule has 1 amide bonds. The SMILES string of the molecule is O=C(NCC#CCOc1cccnc1)C1CCCC1. The van der Waals surface area contributed by atoms with Gasteiger partial charge in [0, 0.05) is 12.1 Å². The summed E-state index contributed by atoms with van der Waals surface area (Å²) in [6.07, 6.45) is 7.71. The third-order valence-electron chi connectivity index (χ3n) is 3.15. The van der Waals surface area contributed by atoms with Crippen LogP contribution in [0.25, 0.3) is 0 Å². The topological polar surface area (TPSA) is 51.2 Å². The fourth-order valence-electron chi connectivity index (χ4n) is 2.13. The molecule has 1 aliphatic rings. The number of hydrogen-bond acceptors (Lipinski definition) is 3. The Hall–Kier alpha value is -2.02. The minimum atomic E-state index is 0.139. The van der Waals surface area contributed by atoms with E-state index in [1.807, 2.05) is 12.1 Å². The van der Waals surface area contributed by atoms with Gasteiger partial charge in [0.05, 0.1) is 12.7 Å². The van der Waals surface area contributed by atoms with Crippen LogP contribution in [0.1, 0.15) is 25.7 Å². The predicted octanol–water partition coefficient (Wildman–Crippen LogP) is 1.77. The molecule has 0 bridgehead atoms. The van der Waals surface area contributed by atoms with Crippen molar-refractivity contribution in [1.29, 1.82) is 0 Å². The molecule has 1 fully saturated rings. The summed E-state index contributed by atoms with van der Waals surface area (Å²) in [4.78, 5) is 15.6. The summed E-state index contributed by atoms with van der Waals surface area (Å²) in [6, 6.07) is 3.64. The summed E-state index contributed by atoms with van der Waals surface area (Å²) >= 11 is 0. The van der Waals surface area contributed by atoms with Crippen molar-refractivity contribution >= 4 is 5.91 Å². The Bertz CT molecular complexity index is 456. The van der Waals surface area contributed by atoms with Crippen LogP contribution in [0.15, 0.2) is 24.5 Å². The molecule has 4 heteroatoms. The van der Waals surface area contributed by atoms with Crippen molar-refractivity contribution in [1.82, 2.24) is 10.3 Å². The van der Waals surface area contributed by atoms with E-state index in [9.17, 15) is 4.79 Å². The first kappa shape index (κ1) is 13.4. The lowest BCUT2D eigenvalue weighted by atomic mass is 10.1. The van der Waals surface area contributed by atoms with E-state index < -0.39 is 0 Å². The molecule has 1 aliphatic carbocycles. The van der Waals surface area contributed by atoms with Gasteiger partial charge in [-0.25, -0.2) is 0 Å². The number of aromatic nitrogens is 1. The molecule has 0 aromatic carbocycles. The molecule has 1 N–H and O–H groups in total. The van der Waals surface area contributed by atoms with E-state index in [1.54, 1.807) is 12.4 Å². The minimum Gasteiger partial charge on any atom is -0.479 e. The molecule has 100 valence electrons. The smallest absolute Gasteiger partial charge is 0.223 e. The average molecular weight is 258 g/mol. The number of ether oxygens (including phenoxy) is 1. The molecule has 1 aromatic heterocycles. The highest BCUT2D eigenvalue weighted by atomic mass is 16.5. The number of nitrogens with zero attached hydrogens (tertiary/aromatic N) is 1. The van der Waals surface area contributed by atoms with Crippen LogP contribution < -0.4 is 10.1 Å². The maximum absolute atomic E-state index is 11.7. The minimum absolute atomic E-state index is 0.139. The first-order chi connectivity index (χ1) is 9.36. The van der Waals surface area contributed by atoms with Crippen LogP contribution in [0.3, 0.4) is 0 Å². The summed E-state index contributed by atoms with van der Waals surface area (Å²) in [5, 5.41) is 2.84. The van der Waals surface area contributed by atoms with E-state index in [0.29, 0.717) is 18.9 Å². The van der Waals surface area contributed by atoms with E-state index in [-0.39, 0.29) is 11.8 Å². The second kappa shape index (κ2) is 7.42. The second-order valence-electron chi connectivity index (χ2n) is 4.53. The van der Waals surface area contributed by atoms with E-state index >= 15 is 0 Å². The third kappa shape index (κ3) is 4.63. The summed E-state index contributed by atoms with van der Waals surface area (Å²) < 4.78 is 5.36. The van der Waals surface area contributed by atoms with E-state index in [1.165, 1.54) is 12.8 Å². The maximum Gasteiger partial charge on any atom is 0.223 e. The average Bonchev–Trinajstić information content (AvgIpc) is 2.98. The van der Waals surface area contributed by atoms with Gasteiger partial charge in [-0.1, -0.05) is 24.7 Å².